The molecule has 4 heteroatoms. The Morgan fingerprint density at radius 3 is 3.06 bits per heavy atom. The maximum atomic E-state index is 9.34. The number of rotatable bonds is 5. The zero-order valence-electron chi connectivity index (χ0n) is 9.56. The van der Waals surface area contributed by atoms with E-state index in [-0.39, 0.29) is 12.6 Å². The maximum Gasteiger partial charge on any atom is 0.123 e. The highest BCUT2D eigenvalue weighted by atomic mass is 16.5. The third kappa shape index (κ3) is 2.64. The molecule has 1 aromatic heterocycles. The smallest absolute Gasteiger partial charge is 0.123 e. The fourth-order valence-electron chi connectivity index (χ4n) is 2.11. The van der Waals surface area contributed by atoms with Crippen molar-refractivity contribution in [3.05, 3.63) is 24.2 Å². The zero-order chi connectivity index (χ0) is 11.4. The number of hydrogen-bond donors (Lipinski definition) is 2. The monoisotopic (exact) mass is 225 g/mol. The minimum atomic E-state index is -0.120. The molecular weight excluding hydrogens is 206 g/mol. The molecule has 1 fully saturated rings. The van der Waals surface area contributed by atoms with Crippen LogP contribution in [0.3, 0.4) is 0 Å². The van der Waals surface area contributed by atoms with Crippen LogP contribution in [0.25, 0.3) is 0 Å². The van der Waals surface area contributed by atoms with Gasteiger partial charge in [-0.25, -0.2) is 0 Å². The van der Waals surface area contributed by atoms with Gasteiger partial charge in [0.25, 0.3) is 0 Å². The summed E-state index contributed by atoms with van der Waals surface area (Å²) in [5.74, 6) is 1.32. The fraction of sp³-hybridized carbons (Fsp3) is 0.667. The molecule has 2 rings (SSSR count). The van der Waals surface area contributed by atoms with Gasteiger partial charge in [-0.1, -0.05) is 0 Å². The number of furan rings is 1. The Bertz CT molecular complexity index is 293. The molecule has 1 aliphatic heterocycles. The summed E-state index contributed by atoms with van der Waals surface area (Å²) >= 11 is 0. The molecule has 16 heavy (non-hydrogen) atoms. The van der Waals surface area contributed by atoms with Gasteiger partial charge in [-0.05, 0) is 31.4 Å². The third-order valence-corrected chi connectivity index (χ3v) is 3.21. The van der Waals surface area contributed by atoms with Crippen molar-refractivity contribution in [3.63, 3.8) is 0 Å². The highest BCUT2D eigenvalue weighted by molar-refractivity contribution is 5.04. The van der Waals surface area contributed by atoms with Crippen LogP contribution in [0.2, 0.25) is 0 Å². The summed E-state index contributed by atoms with van der Waals surface area (Å²) in [6, 6.07) is 3.92. The average Bonchev–Trinajstić information content (AvgIpc) is 2.96. The molecule has 0 radical (unpaired) electrons. The van der Waals surface area contributed by atoms with Crippen LogP contribution in [-0.2, 0) is 4.74 Å². The highest BCUT2D eigenvalue weighted by Crippen LogP contribution is 2.20. The lowest BCUT2D eigenvalue weighted by Crippen LogP contribution is -2.38. The van der Waals surface area contributed by atoms with Gasteiger partial charge < -0.3 is 19.6 Å². The van der Waals surface area contributed by atoms with Crippen molar-refractivity contribution in [3.8, 4) is 0 Å². The second-order valence-corrected chi connectivity index (χ2v) is 4.33. The van der Waals surface area contributed by atoms with Crippen LogP contribution >= 0.6 is 0 Å². The summed E-state index contributed by atoms with van der Waals surface area (Å²) in [5.41, 5.74) is 0. The van der Waals surface area contributed by atoms with Gasteiger partial charge in [0, 0.05) is 12.6 Å². The Morgan fingerprint density at radius 1 is 1.62 bits per heavy atom. The first-order valence-electron chi connectivity index (χ1n) is 5.79. The van der Waals surface area contributed by atoms with Crippen molar-refractivity contribution in [2.75, 3.05) is 19.8 Å². The van der Waals surface area contributed by atoms with Crippen LogP contribution in [-0.4, -0.2) is 31.0 Å². The van der Waals surface area contributed by atoms with E-state index in [4.69, 9.17) is 9.15 Å². The fourth-order valence-corrected chi connectivity index (χ4v) is 2.11. The van der Waals surface area contributed by atoms with E-state index >= 15 is 0 Å². The molecule has 0 bridgehead atoms. The van der Waals surface area contributed by atoms with E-state index in [2.05, 4.69) is 12.2 Å². The van der Waals surface area contributed by atoms with Crippen LogP contribution in [0.5, 0.6) is 0 Å². The van der Waals surface area contributed by atoms with Gasteiger partial charge in [-0.2, -0.15) is 0 Å². The summed E-state index contributed by atoms with van der Waals surface area (Å²) in [6.45, 7) is 3.84. The second kappa shape index (κ2) is 5.48. The number of hydrogen-bond acceptors (Lipinski definition) is 4. The Labute approximate surface area is 95.6 Å². The molecule has 4 nitrogen and oxygen atoms in total. The lowest BCUT2D eigenvalue weighted by Gasteiger charge is -2.24. The summed E-state index contributed by atoms with van der Waals surface area (Å²) in [4.78, 5) is 0. The van der Waals surface area contributed by atoms with Gasteiger partial charge >= 0.3 is 0 Å². The van der Waals surface area contributed by atoms with E-state index in [1.165, 1.54) is 0 Å². The van der Waals surface area contributed by atoms with Crippen LogP contribution in [0.15, 0.2) is 22.8 Å². The van der Waals surface area contributed by atoms with Crippen LogP contribution < -0.4 is 5.32 Å². The van der Waals surface area contributed by atoms with E-state index in [1.807, 2.05) is 12.1 Å². The topological polar surface area (TPSA) is 54.6 Å². The first-order valence-corrected chi connectivity index (χ1v) is 5.79. The molecule has 0 aromatic carbocycles. The summed E-state index contributed by atoms with van der Waals surface area (Å²) < 4.78 is 10.7. The summed E-state index contributed by atoms with van der Waals surface area (Å²) in [7, 11) is 0. The lowest BCUT2D eigenvalue weighted by molar-refractivity contribution is 0.166. The van der Waals surface area contributed by atoms with Gasteiger partial charge in [0.2, 0.25) is 0 Å². The van der Waals surface area contributed by atoms with E-state index < -0.39 is 0 Å². The highest BCUT2D eigenvalue weighted by Gasteiger charge is 2.25. The van der Waals surface area contributed by atoms with Crippen molar-refractivity contribution < 1.29 is 14.3 Å². The first-order chi connectivity index (χ1) is 7.81. The van der Waals surface area contributed by atoms with Crippen molar-refractivity contribution in [2.45, 2.75) is 25.4 Å². The van der Waals surface area contributed by atoms with Gasteiger partial charge in [0.1, 0.15) is 5.76 Å². The van der Waals surface area contributed by atoms with E-state index in [0.29, 0.717) is 12.0 Å². The van der Waals surface area contributed by atoms with Crippen LogP contribution in [0.4, 0.5) is 0 Å². The van der Waals surface area contributed by atoms with E-state index in [0.717, 1.165) is 25.4 Å². The predicted octanol–water partition coefficient (Wildman–Crippen LogP) is 1.33. The Morgan fingerprint density at radius 2 is 2.50 bits per heavy atom. The lowest BCUT2D eigenvalue weighted by atomic mass is 9.99. The van der Waals surface area contributed by atoms with E-state index in [1.54, 1.807) is 6.26 Å². The molecule has 3 atom stereocenters. The first kappa shape index (κ1) is 11.6. The quantitative estimate of drug-likeness (QED) is 0.793. The number of aliphatic hydroxyl groups is 1. The Hall–Kier alpha value is -0.840. The molecule has 1 aromatic rings. The van der Waals surface area contributed by atoms with Crippen molar-refractivity contribution >= 4 is 0 Å². The largest absolute Gasteiger partial charge is 0.468 e. The van der Waals surface area contributed by atoms with Gasteiger partial charge in [0.05, 0.1) is 25.5 Å². The van der Waals surface area contributed by atoms with Crippen molar-refractivity contribution in [1.82, 2.24) is 5.32 Å². The molecule has 90 valence electrons. The maximum absolute atomic E-state index is 9.34. The predicted molar refractivity (Wildman–Crippen MR) is 60.1 cm³/mol. The molecular formula is C12H19NO3. The SMILES string of the molecule is CC(NC(CO)c1ccco1)C1CCOC1. The molecule has 0 spiro atoms. The number of ether oxygens (including phenoxy) is 1. The zero-order valence-corrected chi connectivity index (χ0v) is 9.56. The Kier molecular flexibility index (Phi) is 3.98. The molecule has 1 aliphatic rings. The normalized spacial score (nSPS) is 24.5. The molecule has 2 heterocycles. The van der Waals surface area contributed by atoms with Crippen LogP contribution in [0, 0.1) is 5.92 Å². The third-order valence-electron chi connectivity index (χ3n) is 3.21. The second-order valence-electron chi connectivity index (χ2n) is 4.33. The van der Waals surface area contributed by atoms with Crippen molar-refractivity contribution in [2.24, 2.45) is 5.92 Å². The van der Waals surface area contributed by atoms with E-state index in [9.17, 15) is 5.11 Å². The van der Waals surface area contributed by atoms with Gasteiger partial charge in [-0.15, -0.1) is 0 Å². The molecule has 2 N–H and O–H groups in total. The minimum absolute atomic E-state index is 0.0471. The summed E-state index contributed by atoms with van der Waals surface area (Å²) in [6.07, 6.45) is 2.72. The minimum Gasteiger partial charge on any atom is -0.468 e. The molecule has 0 aliphatic carbocycles. The molecule has 1 saturated heterocycles. The van der Waals surface area contributed by atoms with Crippen molar-refractivity contribution in [1.29, 1.82) is 0 Å². The number of aliphatic hydroxyl groups excluding tert-OH is 1. The Balaban J connectivity index is 1.91. The van der Waals surface area contributed by atoms with Crippen LogP contribution in [0.1, 0.15) is 25.1 Å². The van der Waals surface area contributed by atoms with Gasteiger partial charge in [0.15, 0.2) is 0 Å². The summed E-state index contributed by atoms with van der Waals surface area (Å²) in [5, 5.41) is 12.7. The molecule has 0 amide bonds. The standard InChI is InChI=1S/C12H19NO3/c1-9(10-4-6-15-8-10)13-11(7-14)12-3-2-5-16-12/h2-3,5,9-11,13-14H,4,6-8H2,1H3. The molecule has 0 saturated carbocycles. The average molecular weight is 225 g/mol. The number of nitrogens with one attached hydrogen (secondary N) is 1. The molecule has 3 unspecified atom stereocenters. The van der Waals surface area contributed by atoms with Gasteiger partial charge in [-0.3, -0.25) is 0 Å².